The number of aromatic nitrogens is 2. The number of halogens is 1. The zero-order valence-corrected chi connectivity index (χ0v) is 9.07. The topological polar surface area (TPSA) is 51.8 Å². The average Bonchev–Trinajstić information content (AvgIpc) is 2.27. The van der Waals surface area contributed by atoms with E-state index in [2.05, 4.69) is 9.97 Å². The highest BCUT2D eigenvalue weighted by atomic mass is 35.5. The highest BCUT2D eigenvalue weighted by molar-refractivity contribution is 6.35. The molecule has 0 aliphatic carbocycles. The molecule has 0 saturated heterocycles. The third-order valence-corrected chi connectivity index (χ3v) is 2.74. The first-order valence-corrected chi connectivity index (χ1v) is 5.23. The molecule has 78 valence electrons. The molecule has 2 aromatic carbocycles. The summed E-state index contributed by atoms with van der Waals surface area (Å²) < 4.78 is 0. The van der Waals surface area contributed by atoms with Gasteiger partial charge < -0.3 is 5.73 Å². The monoisotopic (exact) mass is 229 g/mol. The Bertz CT molecular complexity index is 693. The van der Waals surface area contributed by atoms with Gasteiger partial charge in [-0.3, -0.25) is 0 Å². The number of para-hydroxylation sites is 1. The fourth-order valence-electron chi connectivity index (χ4n) is 1.68. The summed E-state index contributed by atoms with van der Waals surface area (Å²) in [4.78, 5) is 8.94. The van der Waals surface area contributed by atoms with Crippen LogP contribution in [0.2, 0.25) is 5.02 Å². The Morgan fingerprint density at radius 2 is 1.81 bits per heavy atom. The predicted octanol–water partition coefficient (Wildman–Crippen LogP) is 3.02. The van der Waals surface area contributed by atoms with E-state index in [1.165, 1.54) is 0 Å². The van der Waals surface area contributed by atoms with Crippen LogP contribution in [0.1, 0.15) is 0 Å². The zero-order valence-electron chi connectivity index (χ0n) is 8.31. The summed E-state index contributed by atoms with van der Waals surface area (Å²) in [7, 11) is 0. The average molecular weight is 230 g/mol. The van der Waals surface area contributed by atoms with Gasteiger partial charge in [-0.15, -0.1) is 0 Å². The maximum absolute atomic E-state index is 6.06. The van der Waals surface area contributed by atoms with Crippen LogP contribution in [-0.2, 0) is 0 Å². The molecule has 0 aliphatic heterocycles. The van der Waals surface area contributed by atoms with Crippen molar-refractivity contribution in [2.24, 2.45) is 0 Å². The van der Waals surface area contributed by atoms with Crippen molar-refractivity contribution in [1.82, 2.24) is 9.97 Å². The van der Waals surface area contributed by atoms with Gasteiger partial charge in [-0.05, 0) is 30.3 Å². The molecule has 3 aromatic rings. The van der Waals surface area contributed by atoms with Crippen LogP contribution in [0.3, 0.4) is 0 Å². The van der Waals surface area contributed by atoms with Crippen molar-refractivity contribution in [3.63, 3.8) is 0 Å². The van der Waals surface area contributed by atoms with Gasteiger partial charge in [0, 0.05) is 5.69 Å². The molecule has 4 heteroatoms. The Morgan fingerprint density at radius 1 is 0.938 bits per heavy atom. The standard InChI is InChI=1S/C12H8ClN3/c13-8-2-1-3-10-12(8)16-9-5-4-7(14)6-11(9)15-10/h1-6H,14H2. The number of fused-ring (bicyclic) bond motifs is 2. The van der Waals surface area contributed by atoms with Crippen LogP contribution in [0.5, 0.6) is 0 Å². The minimum absolute atomic E-state index is 0.615. The van der Waals surface area contributed by atoms with E-state index >= 15 is 0 Å². The summed E-state index contributed by atoms with van der Waals surface area (Å²) in [6, 6.07) is 11.0. The fraction of sp³-hybridized carbons (Fsp3) is 0. The Morgan fingerprint density at radius 3 is 2.69 bits per heavy atom. The number of rotatable bonds is 0. The van der Waals surface area contributed by atoms with Gasteiger partial charge in [0.15, 0.2) is 0 Å². The number of benzene rings is 2. The van der Waals surface area contributed by atoms with Crippen molar-refractivity contribution in [3.8, 4) is 0 Å². The lowest BCUT2D eigenvalue weighted by Gasteiger charge is -2.02. The van der Waals surface area contributed by atoms with Crippen LogP contribution in [0.4, 0.5) is 5.69 Å². The van der Waals surface area contributed by atoms with Crippen LogP contribution < -0.4 is 5.73 Å². The van der Waals surface area contributed by atoms with Crippen LogP contribution in [0.25, 0.3) is 22.1 Å². The SMILES string of the molecule is Nc1ccc2nc3c(Cl)cccc3nc2c1. The number of nitrogens with zero attached hydrogens (tertiary/aromatic N) is 2. The summed E-state index contributed by atoms with van der Waals surface area (Å²) in [6.07, 6.45) is 0. The third-order valence-electron chi connectivity index (χ3n) is 2.44. The molecule has 1 heterocycles. The molecule has 0 bridgehead atoms. The largest absolute Gasteiger partial charge is 0.399 e. The van der Waals surface area contributed by atoms with Crippen LogP contribution >= 0.6 is 11.6 Å². The molecule has 16 heavy (non-hydrogen) atoms. The van der Waals surface area contributed by atoms with E-state index in [0.29, 0.717) is 10.7 Å². The molecular weight excluding hydrogens is 222 g/mol. The molecule has 0 amide bonds. The third kappa shape index (κ3) is 1.37. The summed E-state index contributed by atoms with van der Waals surface area (Å²) in [5.74, 6) is 0. The van der Waals surface area contributed by atoms with Crippen molar-refractivity contribution >= 4 is 39.4 Å². The minimum atomic E-state index is 0.615. The van der Waals surface area contributed by atoms with Crippen molar-refractivity contribution < 1.29 is 0 Å². The molecule has 0 fully saturated rings. The molecule has 0 atom stereocenters. The van der Waals surface area contributed by atoms with Crippen molar-refractivity contribution in [3.05, 3.63) is 41.4 Å². The Balaban J connectivity index is 2.49. The van der Waals surface area contributed by atoms with E-state index in [0.717, 1.165) is 22.1 Å². The number of nitrogen functional groups attached to an aromatic ring is 1. The smallest absolute Gasteiger partial charge is 0.108 e. The first-order valence-electron chi connectivity index (χ1n) is 4.85. The second kappa shape index (κ2) is 3.32. The molecule has 0 unspecified atom stereocenters. The molecule has 3 rings (SSSR count). The van der Waals surface area contributed by atoms with E-state index in [1.807, 2.05) is 30.3 Å². The Hall–Kier alpha value is -1.87. The van der Waals surface area contributed by atoms with Gasteiger partial charge in [-0.2, -0.15) is 0 Å². The first-order chi connectivity index (χ1) is 7.74. The Labute approximate surface area is 96.9 Å². The van der Waals surface area contributed by atoms with Gasteiger partial charge in [0.05, 0.1) is 21.6 Å². The summed E-state index contributed by atoms with van der Waals surface area (Å²) in [6.45, 7) is 0. The van der Waals surface area contributed by atoms with E-state index in [9.17, 15) is 0 Å². The highest BCUT2D eigenvalue weighted by Gasteiger charge is 2.04. The highest BCUT2D eigenvalue weighted by Crippen LogP contribution is 2.23. The molecule has 0 radical (unpaired) electrons. The molecule has 2 N–H and O–H groups in total. The molecule has 0 aliphatic rings. The van der Waals surface area contributed by atoms with Gasteiger partial charge in [0.1, 0.15) is 5.52 Å². The maximum atomic E-state index is 6.06. The maximum Gasteiger partial charge on any atom is 0.108 e. The summed E-state index contributed by atoms with van der Waals surface area (Å²) in [5, 5.41) is 0.615. The van der Waals surface area contributed by atoms with Crippen molar-refractivity contribution in [1.29, 1.82) is 0 Å². The van der Waals surface area contributed by atoms with Gasteiger partial charge in [0.25, 0.3) is 0 Å². The molecule has 3 nitrogen and oxygen atoms in total. The van der Waals surface area contributed by atoms with Gasteiger partial charge in [0.2, 0.25) is 0 Å². The second-order valence-electron chi connectivity index (χ2n) is 3.58. The number of hydrogen-bond donors (Lipinski definition) is 1. The number of hydrogen-bond acceptors (Lipinski definition) is 3. The quantitative estimate of drug-likeness (QED) is 0.476. The van der Waals surface area contributed by atoms with Gasteiger partial charge >= 0.3 is 0 Å². The molecule has 1 aromatic heterocycles. The van der Waals surface area contributed by atoms with E-state index in [1.54, 1.807) is 6.07 Å². The first kappa shape index (κ1) is 9.36. The van der Waals surface area contributed by atoms with Crippen LogP contribution in [0, 0.1) is 0 Å². The summed E-state index contributed by atoms with van der Waals surface area (Å²) in [5.41, 5.74) is 9.48. The lowest BCUT2D eigenvalue weighted by molar-refractivity contribution is 1.39. The molecule has 0 saturated carbocycles. The van der Waals surface area contributed by atoms with Crippen LogP contribution in [-0.4, -0.2) is 9.97 Å². The number of nitrogens with two attached hydrogens (primary N) is 1. The Kier molecular flexibility index (Phi) is 1.94. The second-order valence-corrected chi connectivity index (χ2v) is 3.99. The summed E-state index contributed by atoms with van der Waals surface area (Å²) >= 11 is 6.06. The zero-order chi connectivity index (χ0) is 11.1. The van der Waals surface area contributed by atoms with Crippen LogP contribution in [0.15, 0.2) is 36.4 Å². The lowest BCUT2D eigenvalue weighted by Crippen LogP contribution is -1.90. The van der Waals surface area contributed by atoms with Gasteiger partial charge in [-0.25, -0.2) is 9.97 Å². The van der Waals surface area contributed by atoms with E-state index < -0.39 is 0 Å². The van der Waals surface area contributed by atoms with Gasteiger partial charge in [-0.1, -0.05) is 17.7 Å². The molecular formula is C12H8ClN3. The van der Waals surface area contributed by atoms with E-state index in [4.69, 9.17) is 17.3 Å². The number of anilines is 1. The van der Waals surface area contributed by atoms with E-state index in [-0.39, 0.29) is 0 Å². The molecule has 0 spiro atoms. The lowest BCUT2D eigenvalue weighted by atomic mass is 10.2. The normalized spacial score (nSPS) is 11.1. The van der Waals surface area contributed by atoms with Crippen molar-refractivity contribution in [2.45, 2.75) is 0 Å². The minimum Gasteiger partial charge on any atom is -0.399 e. The van der Waals surface area contributed by atoms with Crippen molar-refractivity contribution in [2.75, 3.05) is 5.73 Å². The predicted molar refractivity (Wildman–Crippen MR) is 66.5 cm³/mol. The fourth-order valence-corrected chi connectivity index (χ4v) is 1.89.